The van der Waals surface area contributed by atoms with Crippen molar-refractivity contribution in [2.75, 3.05) is 24.5 Å². The zero-order valence-corrected chi connectivity index (χ0v) is 23.6. The van der Waals surface area contributed by atoms with Crippen molar-refractivity contribution >= 4 is 17.7 Å². The first-order valence-electron chi connectivity index (χ1n) is 14.6. The molecule has 3 aromatic rings. The van der Waals surface area contributed by atoms with Gasteiger partial charge in [-0.1, -0.05) is 31.4 Å². The highest BCUT2D eigenvalue weighted by atomic mass is 19.4. The second-order valence-corrected chi connectivity index (χ2v) is 11.7. The summed E-state index contributed by atoms with van der Waals surface area (Å²) in [6.45, 7) is 2.15. The van der Waals surface area contributed by atoms with Crippen molar-refractivity contribution in [1.29, 1.82) is 0 Å². The Bertz CT molecular complexity index is 1510. The molecule has 2 aromatic carbocycles. The maximum atomic E-state index is 13.5. The number of hydrogen-bond donors (Lipinski definition) is 0. The summed E-state index contributed by atoms with van der Waals surface area (Å²) >= 11 is 0. The van der Waals surface area contributed by atoms with Crippen LogP contribution in [0.3, 0.4) is 0 Å². The van der Waals surface area contributed by atoms with E-state index in [1.165, 1.54) is 35.6 Å². The molecule has 3 fully saturated rings. The number of aromatic nitrogens is 2. The van der Waals surface area contributed by atoms with E-state index in [2.05, 4.69) is 10.1 Å². The minimum atomic E-state index is -4.44. The van der Waals surface area contributed by atoms with E-state index in [1.807, 2.05) is 10.9 Å². The molecule has 1 aliphatic carbocycles. The number of hydrogen-bond acceptors (Lipinski definition) is 6. The van der Waals surface area contributed by atoms with Gasteiger partial charge in [0.05, 0.1) is 23.8 Å². The van der Waals surface area contributed by atoms with Crippen molar-refractivity contribution in [2.45, 2.75) is 69.3 Å². The Morgan fingerprint density at radius 1 is 1.05 bits per heavy atom. The molecular weight excluding hydrogens is 563 g/mol. The molecule has 0 unspecified atom stereocenters. The van der Waals surface area contributed by atoms with Gasteiger partial charge in [-0.15, -0.1) is 4.91 Å². The third kappa shape index (κ3) is 6.06. The van der Waals surface area contributed by atoms with E-state index in [0.29, 0.717) is 56.0 Å². The Morgan fingerprint density at radius 3 is 2.44 bits per heavy atom. The Kier molecular flexibility index (Phi) is 7.80. The number of nitroso groups, excluding NO2 is 1. The minimum absolute atomic E-state index is 0.144. The van der Waals surface area contributed by atoms with Crippen LogP contribution in [0.15, 0.2) is 59.9 Å². The van der Waals surface area contributed by atoms with Gasteiger partial charge in [-0.2, -0.15) is 18.3 Å². The van der Waals surface area contributed by atoms with Crippen LogP contribution in [0.2, 0.25) is 0 Å². The number of alkyl halides is 3. The number of anilines is 1. The van der Waals surface area contributed by atoms with Crippen molar-refractivity contribution in [2.24, 2.45) is 5.18 Å². The van der Waals surface area contributed by atoms with Gasteiger partial charge in [-0.25, -0.2) is 4.79 Å². The first-order valence-corrected chi connectivity index (χ1v) is 14.6. The molecule has 0 radical (unpaired) electrons. The lowest BCUT2D eigenvalue weighted by Gasteiger charge is -2.37. The van der Waals surface area contributed by atoms with Crippen LogP contribution in [0.1, 0.15) is 72.5 Å². The molecule has 43 heavy (non-hydrogen) atoms. The summed E-state index contributed by atoms with van der Waals surface area (Å²) in [6.07, 6.45) is 3.69. The maximum Gasteiger partial charge on any atom is 0.416 e. The number of nitrogens with zero attached hydrogens (tertiary/aromatic N) is 5. The second-order valence-electron chi connectivity index (χ2n) is 11.7. The van der Waals surface area contributed by atoms with Crippen LogP contribution in [-0.2, 0) is 17.5 Å². The molecule has 1 spiro atoms. The Balaban J connectivity index is 1.17. The average molecular weight is 596 g/mol. The number of piperidine rings is 1. The van der Waals surface area contributed by atoms with Gasteiger partial charge in [0.25, 0.3) is 0 Å². The van der Waals surface area contributed by atoms with Crippen LogP contribution in [0.5, 0.6) is 0 Å². The number of carbonyl (C=O) groups is 2. The lowest BCUT2D eigenvalue weighted by Crippen LogP contribution is -2.46. The normalized spacial score (nSPS) is 19.5. The lowest BCUT2D eigenvalue weighted by atomic mass is 9.91. The summed E-state index contributed by atoms with van der Waals surface area (Å²) in [4.78, 5) is 38.6. The van der Waals surface area contributed by atoms with E-state index in [1.54, 1.807) is 18.2 Å². The zero-order chi connectivity index (χ0) is 30.2. The van der Waals surface area contributed by atoms with Crippen LogP contribution in [0, 0.1) is 4.91 Å². The average Bonchev–Trinajstić information content (AvgIpc) is 3.59. The number of benzene rings is 2. The molecule has 1 aromatic heterocycles. The van der Waals surface area contributed by atoms with Gasteiger partial charge >= 0.3 is 18.2 Å². The molecule has 1 saturated carbocycles. The third-order valence-corrected chi connectivity index (χ3v) is 8.86. The van der Waals surface area contributed by atoms with Crippen molar-refractivity contribution in [3.05, 3.63) is 76.3 Å². The SMILES string of the molecule is O=NC(=O)c1ccc(N2CC3(CCN(Cc4cn(C5CCCCC5)nc4-c4cccc(C(F)(F)F)c4)CC3)OC2=O)cc1. The molecule has 2 amide bonds. The van der Waals surface area contributed by atoms with Crippen molar-refractivity contribution in [3.63, 3.8) is 0 Å². The second kappa shape index (κ2) is 11.6. The summed E-state index contributed by atoms with van der Waals surface area (Å²) in [6, 6.07) is 11.7. The van der Waals surface area contributed by atoms with Crippen molar-refractivity contribution in [3.8, 4) is 11.3 Å². The van der Waals surface area contributed by atoms with Crippen LogP contribution in [-0.4, -0.2) is 51.9 Å². The molecule has 0 atom stereocenters. The van der Waals surface area contributed by atoms with E-state index < -0.39 is 29.3 Å². The molecular formula is C31H32F3N5O4. The van der Waals surface area contributed by atoms with Crippen molar-refractivity contribution in [1.82, 2.24) is 14.7 Å². The fraction of sp³-hybridized carbons (Fsp3) is 0.452. The summed E-state index contributed by atoms with van der Waals surface area (Å²) in [5, 5.41) is 7.26. The molecule has 226 valence electrons. The molecule has 12 heteroatoms. The van der Waals surface area contributed by atoms with E-state index in [-0.39, 0.29) is 11.6 Å². The van der Waals surface area contributed by atoms with Crippen molar-refractivity contribution < 1.29 is 27.5 Å². The van der Waals surface area contributed by atoms with Gasteiger partial charge in [0.15, 0.2) is 0 Å². The molecule has 3 aliphatic rings. The standard InChI is InChI=1S/C31H32F3N5O4/c32-31(33,34)24-6-4-5-22(17-24)27-23(19-39(35-27)26-7-2-1-3-8-26)18-37-15-13-30(14-16-37)20-38(29(41)43-30)25-11-9-21(10-12-25)28(40)36-42/h4-6,9-12,17,19,26H,1-3,7-8,13-16,18,20H2. The van der Waals surface area contributed by atoms with E-state index in [4.69, 9.17) is 9.84 Å². The molecule has 9 nitrogen and oxygen atoms in total. The Hall–Kier alpha value is -4.06. The number of carbonyl (C=O) groups excluding carboxylic acids is 2. The molecule has 2 aliphatic heterocycles. The summed E-state index contributed by atoms with van der Waals surface area (Å²) in [5.74, 6) is -0.875. The molecule has 3 heterocycles. The number of halogens is 3. The predicted octanol–water partition coefficient (Wildman–Crippen LogP) is 6.97. The summed E-state index contributed by atoms with van der Waals surface area (Å²) < 4.78 is 48.4. The zero-order valence-electron chi connectivity index (χ0n) is 23.6. The first kappa shape index (κ1) is 29.0. The summed E-state index contributed by atoms with van der Waals surface area (Å²) in [7, 11) is 0. The lowest BCUT2D eigenvalue weighted by molar-refractivity contribution is -0.137. The number of rotatable bonds is 6. The highest BCUT2D eigenvalue weighted by Crippen LogP contribution is 2.38. The molecule has 0 bridgehead atoms. The Labute approximate surface area is 246 Å². The number of amides is 2. The van der Waals surface area contributed by atoms with Crippen LogP contribution >= 0.6 is 0 Å². The fourth-order valence-electron chi connectivity index (χ4n) is 6.44. The fourth-order valence-corrected chi connectivity index (χ4v) is 6.44. The molecule has 6 rings (SSSR count). The first-order chi connectivity index (χ1) is 20.6. The van der Waals surface area contributed by atoms with Crippen LogP contribution in [0.25, 0.3) is 11.3 Å². The monoisotopic (exact) mass is 595 g/mol. The van der Waals surface area contributed by atoms with Crippen LogP contribution < -0.4 is 4.90 Å². The molecule has 2 saturated heterocycles. The highest BCUT2D eigenvalue weighted by Gasteiger charge is 2.47. The predicted molar refractivity (Wildman–Crippen MR) is 152 cm³/mol. The smallest absolute Gasteiger partial charge is 0.416 e. The number of likely N-dealkylation sites (tertiary alicyclic amines) is 1. The topological polar surface area (TPSA) is 97.1 Å². The van der Waals surface area contributed by atoms with E-state index in [0.717, 1.165) is 37.3 Å². The van der Waals surface area contributed by atoms with Gasteiger partial charge in [0.2, 0.25) is 0 Å². The van der Waals surface area contributed by atoms with Gasteiger partial charge in [-0.05, 0) is 49.2 Å². The number of ether oxygens (including phenoxy) is 1. The van der Waals surface area contributed by atoms with Gasteiger partial charge in [-0.3, -0.25) is 19.3 Å². The minimum Gasteiger partial charge on any atom is -0.441 e. The van der Waals surface area contributed by atoms with E-state index >= 15 is 0 Å². The Morgan fingerprint density at radius 2 is 1.77 bits per heavy atom. The quantitative estimate of drug-likeness (QED) is 0.286. The summed E-state index contributed by atoms with van der Waals surface area (Å²) in [5.41, 5.74) is 1.25. The van der Waals surface area contributed by atoms with E-state index in [9.17, 15) is 27.7 Å². The molecule has 0 N–H and O–H groups in total. The maximum absolute atomic E-state index is 13.5. The van der Waals surface area contributed by atoms with Gasteiger partial charge in [0.1, 0.15) is 5.60 Å². The van der Waals surface area contributed by atoms with Gasteiger partial charge < -0.3 is 4.74 Å². The third-order valence-electron chi connectivity index (χ3n) is 8.86. The largest absolute Gasteiger partial charge is 0.441 e. The van der Waals surface area contributed by atoms with Crippen LogP contribution in [0.4, 0.5) is 23.7 Å². The van der Waals surface area contributed by atoms with Gasteiger partial charge in [0, 0.05) is 66.2 Å². The highest BCUT2D eigenvalue weighted by molar-refractivity contribution is 5.96.